The van der Waals surface area contributed by atoms with Crippen LogP contribution in [0.2, 0.25) is 5.02 Å². The van der Waals surface area contributed by atoms with Crippen molar-refractivity contribution in [2.75, 3.05) is 38.2 Å². The summed E-state index contributed by atoms with van der Waals surface area (Å²) in [7, 11) is 3.61. The Morgan fingerprint density at radius 1 is 0.941 bits per heavy atom. The number of fused-ring (bicyclic) bond motifs is 2. The zero-order valence-electron chi connectivity index (χ0n) is 19.4. The van der Waals surface area contributed by atoms with E-state index in [2.05, 4.69) is 15.3 Å². The van der Waals surface area contributed by atoms with E-state index in [1.165, 1.54) is 0 Å². The van der Waals surface area contributed by atoms with Gasteiger partial charge in [0.1, 0.15) is 10.8 Å². The van der Waals surface area contributed by atoms with E-state index >= 15 is 0 Å². The number of nitrogens with zero attached hydrogens (tertiary/aromatic N) is 4. The molecule has 3 N–H and O–H groups in total. The molecule has 3 heterocycles. The van der Waals surface area contributed by atoms with Crippen LogP contribution in [-0.2, 0) is 12.8 Å². The second-order valence-corrected chi connectivity index (χ2v) is 8.82. The molecule has 2 aromatic carbocycles. The number of anilines is 3. The number of hydrogen-bond donors (Lipinski definition) is 2. The molecule has 34 heavy (non-hydrogen) atoms. The number of nitrogen functional groups attached to an aromatic ring is 1. The Kier molecular flexibility index (Phi) is 6.70. The Morgan fingerprint density at radius 3 is 2.21 bits per heavy atom. The molecule has 0 saturated heterocycles. The lowest BCUT2D eigenvalue weighted by Crippen LogP contribution is -2.34. The number of hydrogen-bond acceptors (Lipinski definition) is 6. The normalized spacial score (nSPS) is 14.7. The van der Waals surface area contributed by atoms with Gasteiger partial charge in [-0.1, -0.05) is 35.9 Å². The number of amides is 2. The summed E-state index contributed by atoms with van der Waals surface area (Å²) in [6, 6.07) is 11.4. The van der Waals surface area contributed by atoms with E-state index in [1.54, 1.807) is 36.0 Å². The number of nitrogens with two attached hydrogens (primary N) is 1. The number of aromatic nitrogens is 2. The Balaban J connectivity index is 0.000000180. The molecule has 0 saturated carbocycles. The fourth-order valence-corrected chi connectivity index (χ4v) is 4.22. The van der Waals surface area contributed by atoms with Gasteiger partial charge in [0.2, 0.25) is 0 Å². The zero-order valence-corrected chi connectivity index (χ0v) is 20.2. The van der Waals surface area contributed by atoms with Gasteiger partial charge in [0.15, 0.2) is 5.82 Å². The molecule has 176 valence electrons. The largest absolute Gasteiger partial charge is 0.398 e. The highest BCUT2D eigenvalue weighted by Crippen LogP contribution is 2.30. The van der Waals surface area contributed by atoms with E-state index in [-0.39, 0.29) is 11.8 Å². The molecule has 0 radical (unpaired) electrons. The number of carbonyl (C=O) groups is 2. The number of carbonyl (C=O) groups excluding carboxylic acids is 2. The minimum Gasteiger partial charge on any atom is -0.398 e. The minimum atomic E-state index is 0.0150. The van der Waals surface area contributed by atoms with Crippen molar-refractivity contribution in [1.82, 2.24) is 19.8 Å². The average molecular weight is 479 g/mol. The molecule has 2 aliphatic rings. The van der Waals surface area contributed by atoms with E-state index in [0.717, 1.165) is 42.7 Å². The van der Waals surface area contributed by atoms with Crippen LogP contribution in [0, 0.1) is 6.92 Å². The SMILES string of the molecule is CN1CCc2cccc(N)c2C1=O.Cc1ncc(Cl)c(Nc2cccc3c2C(=O)N(C)CC3)n1. The molecule has 0 atom stereocenters. The molecular weight excluding hydrogens is 452 g/mol. The van der Waals surface area contributed by atoms with Crippen molar-refractivity contribution >= 4 is 40.6 Å². The summed E-state index contributed by atoms with van der Waals surface area (Å²) in [6.07, 6.45) is 3.31. The van der Waals surface area contributed by atoms with Gasteiger partial charge in [-0.3, -0.25) is 9.59 Å². The fourth-order valence-electron chi connectivity index (χ4n) is 4.09. The quantitative estimate of drug-likeness (QED) is 0.544. The summed E-state index contributed by atoms with van der Waals surface area (Å²) in [5, 5.41) is 3.59. The predicted octanol–water partition coefficient (Wildman–Crippen LogP) is 3.71. The van der Waals surface area contributed by atoms with E-state index in [1.807, 2.05) is 37.4 Å². The first kappa shape index (κ1) is 23.5. The molecule has 0 fully saturated rings. The van der Waals surface area contributed by atoms with Crippen LogP contribution in [0.3, 0.4) is 0 Å². The summed E-state index contributed by atoms with van der Waals surface area (Å²) >= 11 is 6.11. The van der Waals surface area contributed by atoms with Gasteiger partial charge in [-0.25, -0.2) is 9.97 Å². The van der Waals surface area contributed by atoms with Crippen LogP contribution >= 0.6 is 11.6 Å². The van der Waals surface area contributed by atoms with Gasteiger partial charge >= 0.3 is 0 Å². The monoisotopic (exact) mass is 478 g/mol. The highest BCUT2D eigenvalue weighted by atomic mass is 35.5. The van der Waals surface area contributed by atoms with E-state index in [9.17, 15) is 9.59 Å². The van der Waals surface area contributed by atoms with Crippen LogP contribution in [0.4, 0.5) is 17.2 Å². The van der Waals surface area contributed by atoms with Crippen molar-refractivity contribution in [3.63, 3.8) is 0 Å². The lowest BCUT2D eigenvalue weighted by Gasteiger charge is -2.26. The van der Waals surface area contributed by atoms with Gasteiger partial charge in [-0.2, -0.15) is 0 Å². The average Bonchev–Trinajstić information content (AvgIpc) is 2.82. The van der Waals surface area contributed by atoms with Gasteiger partial charge in [-0.15, -0.1) is 0 Å². The third-order valence-electron chi connectivity index (χ3n) is 6.01. The molecule has 0 aliphatic carbocycles. The Morgan fingerprint density at radius 2 is 1.53 bits per heavy atom. The summed E-state index contributed by atoms with van der Waals surface area (Å²) in [5.41, 5.74) is 10.6. The van der Waals surface area contributed by atoms with Crippen LogP contribution in [0.1, 0.15) is 37.7 Å². The van der Waals surface area contributed by atoms with E-state index in [0.29, 0.717) is 33.5 Å². The maximum absolute atomic E-state index is 12.4. The summed E-state index contributed by atoms with van der Waals surface area (Å²) in [5.74, 6) is 1.19. The summed E-state index contributed by atoms with van der Waals surface area (Å²) in [6.45, 7) is 3.32. The van der Waals surface area contributed by atoms with Crippen molar-refractivity contribution in [3.05, 3.63) is 75.7 Å². The highest BCUT2D eigenvalue weighted by Gasteiger charge is 2.25. The third kappa shape index (κ3) is 4.68. The Labute approximate surface area is 203 Å². The second-order valence-electron chi connectivity index (χ2n) is 8.41. The van der Waals surface area contributed by atoms with E-state index in [4.69, 9.17) is 17.3 Å². The molecule has 5 rings (SSSR count). The topological polar surface area (TPSA) is 104 Å². The van der Waals surface area contributed by atoms with Gasteiger partial charge in [-0.05, 0) is 43.0 Å². The van der Waals surface area contributed by atoms with E-state index < -0.39 is 0 Å². The molecule has 0 spiro atoms. The third-order valence-corrected chi connectivity index (χ3v) is 6.28. The number of aryl methyl sites for hydroxylation is 1. The molecule has 2 aliphatic heterocycles. The molecule has 2 amide bonds. The number of benzene rings is 2. The van der Waals surface area contributed by atoms with Gasteiger partial charge < -0.3 is 20.9 Å². The van der Waals surface area contributed by atoms with Crippen molar-refractivity contribution < 1.29 is 9.59 Å². The fraction of sp³-hybridized carbons (Fsp3) is 0.280. The van der Waals surface area contributed by atoms with Crippen molar-refractivity contribution in [1.29, 1.82) is 0 Å². The van der Waals surface area contributed by atoms with Crippen LogP contribution in [-0.4, -0.2) is 58.8 Å². The lowest BCUT2D eigenvalue weighted by molar-refractivity contribution is 0.0774. The number of nitrogens with one attached hydrogen (secondary N) is 1. The van der Waals surface area contributed by atoms with Crippen LogP contribution < -0.4 is 11.1 Å². The first-order valence-electron chi connectivity index (χ1n) is 11.0. The lowest BCUT2D eigenvalue weighted by atomic mass is 9.97. The second kappa shape index (κ2) is 9.69. The maximum Gasteiger partial charge on any atom is 0.255 e. The molecule has 0 unspecified atom stereocenters. The molecule has 1 aromatic heterocycles. The summed E-state index contributed by atoms with van der Waals surface area (Å²) < 4.78 is 0. The van der Waals surface area contributed by atoms with Crippen LogP contribution in [0.15, 0.2) is 42.6 Å². The van der Waals surface area contributed by atoms with Crippen molar-refractivity contribution in [2.45, 2.75) is 19.8 Å². The smallest absolute Gasteiger partial charge is 0.255 e. The molecule has 0 bridgehead atoms. The summed E-state index contributed by atoms with van der Waals surface area (Å²) in [4.78, 5) is 35.8. The van der Waals surface area contributed by atoms with Crippen LogP contribution in [0.5, 0.6) is 0 Å². The first-order valence-corrected chi connectivity index (χ1v) is 11.4. The number of likely N-dealkylation sites (N-methyl/N-ethyl adjacent to an activating group) is 2. The molecule has 3 aromatic rings. The van der Waals surface area contributed by atoms with Crippen molar-refractivity contribution in [2.24, 2.45) is 0 Å². The Hall–Kier alpha value is -3.65. The first-order chi connectivity index (χ1) is 16.3. The zero-order chi connectivity index (χ0) is 24.4. The number of halogens is 1. The van der Waals surface area contributed by atoms with Gasteiger partial charge in [0.05, 0.1) is 23.0 Å². The standard InChI is InChI=1S/C15H15ClN4O.C10H12N2O/c1-9-17-8-11(16)14(18-9)19-12-5-3-4-10-6-7-20(2)15(21)13(10)12;1-12-6-5-7-3-2-4-8(11)9(7)10(12)13/h3-5,8H,6-7H2,1-2H3,(H,17,18,19);2-4H,5-6,11H2,1H3. The van der Waals surface area contributed by atoms with Gasteiger partial charge in [0.25, 0.3) is 11.8 Å². The Bertz CT molecular complexity index is 1260. The molecular formula is C25H27ClN6O2. The highest BCUT2D eigenvalue weighted by molar-refractivity contribution is 6.32. The number of rotatable bonds is 2. The maximum atomic E-state index is 12.4. The van der Waals surface area contributed by atoms with Crippen molar-refractivity contribution in [3.8, 4) is 0 Å². The molecule has 8 nitrogen and oxygen atoms in total. The molecule has 9 heteroatoms. The van der Waals surface area contributed by atoms with Crippen LogP contribution in [0.25, 0.3) is 0 Å². The minimum absolute atomic E-state index is 0.0150. The van der Waals surface area contributed by atoms with Gasteiger partial charge in [0, 0.05) is 32.9 Å². The predicted molar refractivity (Wildman–Crippen MR) is 134 cm³/mol.